The third-order valence-corrected chi connectivity index (χ3v) is 6.48. The number of hydrogen-bond donors (Lipinski definition) is 2. The van der Waals surface area contributed by atoms with Crippen molar-refractivity contribution in [3.05, 3.63) is 0 Å². The molecule has 4 aliphatic rings. The van der Waals surface area contributed by atoms with E-state index in [0.29, 0.717) is 31.1 Å². The average molecular weight is 344 g/mol. The van der Waals surface area contributed by atoms with Crippen LogP contribution >= 0.6 is 0 Å². The predicted molar refractivity (Wildman–Crippen MR) is 95.9 cm³/mol. The lowest BCUT2D eigenvalue weighted by Gasteiger charge is -2.12. The molecule has 0 spiro atoms. The highest BCUT2D eigenvalue weighted by Crippen LogP contribution is 2.43. The van der Waals surface area contributed by atoms with Crippen LogP contribution in [0.3, 0.4) is 0 Å². The Morgan fingerprint density at radius 2 is 1.28 bits per heavy atom. The molecule has 4 rings (SSSR count). The van der Waals surface area contributed by atoms with E-state index in [0.717, 1.165) is 24.7 Å². The molecule has 0 aromatic carbocycles. The van der Waals surface area contributed by atoms with Crippen molar-refractivity contribution in [3.63, 3.8) is 0 Å². The van der Waals surface area contributed by atoms with Gasteiger partial charge in [0, 0.05) is 24.3 Å². The maximum Gasteiger partial charge on any atom is 0.240 e. The van der Waals surface area contributed by atoms with Crippen LogP contribution in [0.15, 0.2) is 10.2 Å². The number of nitrogens with one attached hydrogen (secondary N) is 2. The van der Waals surface area contributed by atoms with Crippen molar-refractivity contribution >= 4 is 23.2 Å². The molecule has 136 valence electrons. The number of hydrogen-bond acceptors (Lipinski definition) is 4. The van der Waals surface area contributed by atoms with Gasteiger partial charge in [0.2, 0.25) is 11.8 Å². The number of rotatable bonds is 6. The van der Waals surface area contributed by atoms with Crippen molar-refractivity contribution in [1.29, 1.82) is 0 Å². The number of nitrogens with zero attached hydrogens (tertiary/aromatic N) is 2. The topological polar surface area (TPSA) is 82.9 Å². The molecule has 0 aliphatic heterocycles. The van der Waals surface area contributed by atoms with Crippen LogP contribution in [0.25, 0.3) is 0 Å². The Morgan fingerprint density at radius 3 is 1.64 bits per heavy atom. The Hall–Kier alpha value is -1.72. The van der Waals surface area contributed by atoms with E-state index in [1.54, 1.807) is 0 Å². The molecule has 4 saturated carbocycles. The van der Waals surface area contributed by atoms with Gasteiger partial charge in [0.25, 0.3) is 0 Å². The van der Waals surface area contributed by atoms with Crippen molar-refractivity contribution in [1.82, 2.24) is 10.9 Å². The van der Waals surface area contributed by atoms with Crippen LogP contribution in [0.1, 0.15) is 70.6 Å². The smallest absolute Gasteiger partial charge is 0.240 e. The molecule has 4 bridgehead atoms. The fourth-order valence-corrected chi connectivity index (χ4v) is 5.11. The van der Waals surface area contributed by atoms with Gasteiger partial charge in [0.1, 0.15) is 0 Å². The van der Waals surface area contributed by atoms with Crippen LogP contribution < -0.4 is 10.9 Å². The number of hydrazone groups is 2. The first-order valence-electron chi connectivity index (χ1n) is 9.88. The summed E-state index contributed by atoms with van der Waals surface area (Å²) in [7, 11) is 0. The van der Waals surface area contributed by atoms with Gasteiger partial charge in [0.05, 0.1) is 0 Å². The zero-order chi connectivity index (χ0) is 17.2. The van der Waals surface area contributed by atoms with Crippen LogP contribution in [-0.4, -0.2) is 23.2 Å². The zero-order valence-corrected chi connectivity index (χ0v) is 14.8. The fraction of sp³-hybridized carbons (Fsp3) is 0.789. The highest BCUT2D eigenvalue weighted by molar-refractivity contribution is 5.91. The van der Waals surface area contributed by atoms with Crippen molar-refractivity contribution in [2.75, 3.05) is 0 Å². The van der Waals surface area contributed by atoms with Crippen molar-refractivity contribution < 1.29 is 9.59 Å². The van der Waals surface area contributed by atoms with Gasteiger partial charge >= 0.3 is 0 Å². The van der Waals surface area contributed by atoms with E-state index in [2.05, 4.69) is 21.1 Å². The van der Waals surface area contributed by atoms with Gasteiger partial charge < -0.3 is 0 Å². The lowest BCUT2D eigenvalue weighted by molar-refractivity contribution is -0.122. The van der Waals surface area contributed by atoms with E-state index in [1.807, 2.05) is 0 Å². The molecule has 0 radical (unpaired) electrons. The van der Waals surface area contributed by atoms with Crippen LogP contribution in [-0.2, 0) is 9.59 Å². The normalized spacial score (nSPS) is 35.7. The molecule has 0 heterocycles. The molecule has 6 heteroatoms. The minimum absolute atomic E-state index is 0.0949. The van der Waals surface area contributed by atoms with Gasteiger partial charge in [-0.3, -0.25) is 9.59 Å². The maximum absolute atomic E-state index is 11.9. The monoisotopic (exact) mass is 344 g/mol. The third-order valence-electron chi connectivity index (χ3n) is 6.48. The van der Waals surface area contributed by atoms with Gasteiger partial charge in [-0.05, 0) is 81.5 Å². The van der Waals surface area contributed by atoms with Crippen molar-refractivity contribution in [2.45, 2.75) is 70.6 Å². The third kappa shape index (κ3) is 3.93. The average Bonchev–Trinajstić information content (AvgIpc) is 3.38. The van der Waals surface area contributed by atoms with Gasteiger partial charge in [0.15, 0.2) is 0 Å². The Kier molecular flexibility index (Phi) is 4.86. The molecule has 2 amide bonds. The van der Waals surface area contributed by atoms with Gasteiger partial charge in [-0.25, -0.2) is 10.9 Å². The second-order valence-corrected chi connectivity index (χ2v) is 8.29. The Balaban J connectivity index is 1.12. The summed E-state index contributed by atoms with van der Waals surface area (Å²) >= 11 is 0. The summed E-state index contributed by atoms with van der Waals surface area (Å²) in [6.45, 7) is 0. The Bertz CT molecular complexity index is 561. The van der Waals surface area contributed by atoms with Crippen molar-refractivity contribution in [2.24, 2.45) is 33.9 Å². The summed E-state index contributed by atoms with van der Waals surface area (Å²) in [6.07, 6.45) is 10.9. The summed E-state index contributed by atoms with van der Waals surface area (Å²) in [5, 5.41) is 8.62. The van der Waals surface area contributed by atoms with Gasteiger partial charge in [-0.1, -0.05) is 0 Å². The lowest BCUT2D eigenvalue weighted by atomic mass is 9.99. The van der Waals surface area contributed by atoms with E-state index in [9.17, 15) is 9.59 Å². The first-order chi connectivity index (χ1) is 12.2. The first kappa shape index (κ1) is 16.7. The summed E-state index contributed by atoms with van der Waals surface area (Å²) in [5.41, 5.74) is 7.68. The molecule has 4 unspecified atom stereocenters. The number of carbonyl (C=O) groups excluding carboxylic acids is 2. The predicted octanol–water partition coefficient (Wildman–Crippen LogP) is 2.74. The quantitative estimate of drug-likeness (QED) is 0.726. The summed E-state index contributed by atoms with van der Waals surface area (Å²) in [6, 6.07) is 0. The minimum atomic E-state index is -0.0949. The standard InChI is InChI=1S/C19H28N4O2/c24-18(22-20-16-10-12-4-6-14(16)8-12)2-1-3-19(25)23-21-17-11-13-5-7-15(17)9-13/h12-15H,1-11H2,(H,22,24)(H,23,25)/b20-16-,21-17+. The molecule has 0 aromatic heterocycles. The Morgan fingerprint density at radius 1 is 0.800 bits per heavy atom. The maximum atomic E-state index is 11.9. The number of amides is 2. The number of carbonyl (C=O) groups is 2. The van der Waals surface area contributed by atoms with E-state index in [-0.39, 0.29) is 11.8 Å². The molecule has 4 aliphatic carbocycles. The van der Waals surface area contributed by atoms with E-state index >= 15 is 0 Å². The number of fused-ring (bicyclic) bond motifs is 4. The second-order valence-electron chi connectivity index (χ2n) is 8.29. The molecule has 2 N–H and O–H groups in total. The minimum Gasteiger partial charge on any atom is -0.273 e. The molecule has 0 aromatic rings. The van der Waals surface area contributed by atoms with E-state index in [1.165, 1.54) is 49.9 Å². The molecule has 0 saturated heterocycles. The molecule has 25 heavy (non-hydrogen) atoms. The van der Waals surface area contributed by atoms with Gasteiger partial charge in [-0.15, -0.1) is 0 Å². The lowest BCUT2D eigenvalue weighted by Crippen LogP contribution is -2.23. The summed E-state index contributed by atoms with van der Waals surface area (Å²) in [4.78, 5) is 23.7. The van der Waals surface area contributed by atoms with Crippen LogP contribution in [0.2, 0.25) is 0 Å². The van der Waals surface area contributed by atoms with E-state index < -0.39 is 0 Å². The molecule has 6 nitrogen and oxygen atoms in total. The van der Waals surface area contributed by atoms with Crippen LogP contribution in [0.5, 0.6) is 0 Å². The van der Waals surface area contributed by atoms with Crippen LogP contribution in [0.4, 0.5) is 0 Å². The SMILES string of the molecule is O=C(CCCC(=O)N/N=C1\CC2CCC1C2)N/N=C1/CC2CCC1C2. The molecule has 4 fully saturated rings. The first-order valence-corrected chi connectivity index (χ1v) is 9.88. The highest BCUT2D eigenvalue weighted by atomic mass is 16.2. The zero-order valence-electron chi connectivity index (χ0n) is 14.8. The Labute approximate surface area is 148 Å². The summed E-state index contributed by atoms with van der Waals surface area (Å²) in [5.74, 6) is 2.59. The highest BCUT2D eigenvalue weighted by Gasteiger charge is 2.37. The van der Waals surface area contributed by atoms with Crippen molar-refractivity contribution in [3.8, 4) is 0 Å². The second kappa shape index (κ2) is 7.26. The fourth-order valence-electron chi connectivity index (χ4n) is 5.11. The molecule has 4 atom stereocenters. The molecular weight excluding hydrogens is 316 g/mol. The van der Waals surface area contributed by atoms with Crippen LogP contribution in [0, 0.1) is 23.7 Å². The summed E-state index contributed by atoms with van der Waals surface area (Å²) < 4.78 is 0. The van der Waals surface area contributed by atoms with E-state index in [4.69, 9.17) is 0 Å². The van der Waals surface area contributed by atoms with Gasteiger partial charge in [-0.2, -0.15) is 10.2 Å². The largest absolute Gasteiger partial charge is 0.273 e. The molecular formula is C19H28N4O2.